The number of para-hydroxylation sites is 2. The van der Waals surface area contributed by atoms with Crippen LogP contribution >= 0.6 is 0 Å². The van der Waals surface area contributed by atoms with Crippen LogP contribution in [-0.2, 0) is 9.53 Å². The lowest BCUT2D eigenvalue weighted by atomic mass is 9.80. The topological polar surface area (TPSA) is 153 Å². The van der Waals surface area contributed by atoms with Gasteiger partial charge in [-0.1, -0.05) is 12.1 Å². The Balaban J connectivity index is 0.942. The number of nitrogens with one attached hydrogen (secondary N) is 4. The molecule has 1 aliphatic carbocycles. The van der Waals surface area contributed by atoms with Gasteiger partial charge in [0.05, 0.1) is 34.1 Å². The number of imide groups is 1. The normalized spacial score (nSPS) is 26.6. The number of benzene rings is 2. The standard InChI is InChI=1S/C31H31N7O4/c1-16(32)22(25-15-35-23-4-2-3-5-24(23)36-25)14-34-19-10-17(11-19)13-33-18-6-7-20-21(12-18)31(41)38(30(20)40)26-8-9-27-29(42-27)37-28(26)39/h2-7,12,14-15,17,19,26-27,29,32-34H,8-11,13H2,1H3,(H,37,39)/b22-14+,32-16?. The maximum Gasteiger partial charge on any atom is 0.262 e. The van der Waals surface area contributed by atoms with E-state index in [1.54, 1.807) is 25.3 Å². The second-order valence-corrected chi connectivity index (χ2v) is 11.4. The summed E-state index contributed by atoms with van der Waals surface area (Å²) in [4.78, 5) is 49.2. The molecule has 7 rings (SSSR count). The van der Waals surface area contributed by atoms with Crippen molar-refractivity contribution in [2.24, 2.45) is 5.92 Å². The Hall–Kier alpha value is -4.64. The van der Waals surface area contributed by atoms with Crippen LogP contribution in [0.2, 0.25) is 0 Å². The number of aromatic nitrogens is 2. The lowest BCUT2D eigenvalue weighted by Crippen LogP contribution is -2.49. The molecule has 1 saturated carbocycles. The van der Waals surface area contributed by atoms with Gasteiger partial charge in [-0.05, 0) is 68.9 Å². The lowest BCUT2D eigenvalue weighted by molar-refractivity contribution is -0.125. The van der Waals surface area contributed by atoms with E-state index in [0.717, 1.165) is 41.0 Å². The zero-order chi connectivity index (χ0) is 29.0. The number of carbonyl (C=O) groups is 3. The molecule has 11 nitrogen and oxygen atoms in total. The van der Waals surface area contributed by atoms with E-state index in [0.29, 0.717) is 46.9 Å². The van der Waals surface area contributed by atoms with Crippen LogP contribution in [0.25, 0.3) is 16.6 Å². The van der Waals surface area contributed by atoms with Crippen LogP contribution in [-0.4, -0.2) is 69.3 Å². The Morgan fingerprint density at radius 1 is 1.10 bits per heavy atom. The molecule has 3 atom stereocenters. The van der Waals surface area contributed by atoms with E-state index in [-0.39, 0.29) is 24.3 Å². The zero-order valence-corrected chi connectivity index (χ0v) is 23.1. The van der Waals surface area contributed by atoms with Gasteiger partial charge in [-0.25, -0.2) is 4.98 Å². The van der Waals surface area contributed by atoms with Crippen LogP contribution in [0.1, 0.15) is 59.0 Å². The molecule has 11 heteroatoms. The third-order valence-corrected chi connectivity index (χ3v) is 8.55. The molecule has 1 aromatic heterocycles. The first kappa shape index (κ1) is 26.3. The number of fused-ring (bicyclic) bond motifs is 3. The van der Waals surface area contributed by atoms with Gasteiger partial charge in [0.15, 0.2) is 6.23 Å². The number of epoxide rings is 1. The minimum atomic E-state index is -0.816. The molecule has 42 heavy (non-hydrogen) atoms. The van der Waals surface area contributed by atoms with Crippen LogP contribution in [0.4, 0.5) is 5.69 Å². The molecule has 3 aliphatic heterocycles. The number of carbonyl (C=O) groups excluding carboxylic acids is 3. The quantitative estimate of drug-likeness (QED) is 0.185. The van der Waals surface area contributed by atoms with E-state index < -0.39 is 17.9 Å². The summed E-state index contributed by atoms with van der Waals surface area (Å²) in [7, 11) is 0. The smallest absolute Gasteiger partial charge is 0.262 e. The third kappa shape index (κ3) is 4.79. The molecule has 3 amide bonds. The summed E-state index contributed by atoms with van der Waals surface area (Å²) in [5.74, 6) is -0.757. The van der Waals surface area contributed by atoms with Crippen molar-refractivity contribution >= 4 is 45.7 Å². The molecule has 3 unspecified atom stereocenters. The van der Waals surface area contributed by atoms with E-state index >= 15 is 0 Å². The maximum atomic E-state index is 13.2. The summed E-state index contributed by atoms with van der Waals surface area (Å²) < 4.78 is 5.35. The summed E-state index contributed by atoms with van der Waals surface area (Å²) in [6.07, 6.45) is 6.18. The minimum Gasteiger partial charge on any atom is -0.388 e. The summed E-state index contributed by atoms with van der Waals surface area (Å²) in [5, 5.41) is 17.9. The Kier molecular flexibility index (Phi) is 6.46. The van der Waals surface area contributed by atoms with Crippen LogP contribution in [0.15, 0.2) is 54.9 Å². The largest absolute Gasteiger partial charge is 0.388 e. The summed E-state index contributed by atoms with van der Waals surface area (Å²) >= 11 is 0. The predicted molar refractivity (Wildman–Crippen MR) is 156 cm³/mol. The molecule has 0 radical (unpaired) electrons. The fourth-order valence-corrected chi connectivity index (χ4v) is 6.04. The molecule has 4 heterocycles. The average molecular weight is 566 g/mol. The van der Waals surface area contributed by atoms with E-state index in [4.69, 9.17) is 10.1 Å². The Labute approximate surface area is 242 Å². The second kappa shape index (κ2) is 10.3. The molecule has 2 aromatic carbocycles. The number of anilines is 1. The number of hydrogen-bond donors (Lipinski definition) is 4. The van der Waals surface area contributed by atoms with Gasteiger partial charge in [-0.3, -0.25) is 24.3 Å². The molecule has 0 spiro atoms. The van der Waals surface area contributed by atoms with Crippen molar-refractivity contribution in [2.75, 3.05) is 11.9 Å². The van der Waals surface area contributed by atoms with Crippen molar-refractivity contribution in [3.8, 4) is 0 Å². The Bertz CT molecular complexity index is 1660. The summed E-state index contributed by atoms with van der Waals surface area (Å²) in [6, 6.07) is 12.3. The maximum absolute atomic E-state index is 13.2. The van der Waals surface area contributed by atoms with Gasteiger partial charge in [-0.2, -0.15) is 0 Å². The highest BCUT2D eigenvalue weighted by Gasteiger charge is 2.49. The molecular formula is C31H31N7O4. The van der Waals surface area contributed by atoms with Crippen LogP contribution in [0.3, 0.4) is 0 Å². The molecule has 4 aliphatic rings. The van der Waals surface area contributed by atoms with Gasteiger partial charge in [-0.15, -0.1) is 0 Å². The molecule has 0 bridgehead atoms. The number of rotatable bonds is 8. The zero-order valence-electron chi connectivity index (χ0n) is 23.1. The van der Waals surface area contributed by atoms with Crippen LogP contribution in [0, 0.1) is 11.3 Å². The lowest BCUT2D eigenvalue weighted by Gasteiger charge is -2.36. The minimum absolute atomic E-state index is 0.0247. The number of allylic oxidation sites excluding steroid dienone is 1. The first-order valence-electron chi connectivity index (χ1n) is 14.3. The van der Waals surface area contributed by atoms with Crippen LogP contribution in [0.5, 0.6) is 0 Å². The predicted octanol–water partition coefficient (Wildman–Crippen LogP) is 3.09. The van der Waals surface area contributed by atoms with Gasteiger partial charge in [0.1, 0.15) is 12.1 Å². The van der Waals surface area contributed by atoms with Crippen molar-refractivity contribution in [1.29, 1.82) is 5.41 Å². The first-order chi connectivity index (χ1) is 20.4. The summed E-state index contributed by atoms with van der Waals surface area (Å²) in [6.45, 7) is 2.47. The SMILES string of the molecule is CC(=N)/C(=C\NC1CC(CNc2ccc3c(c2)C(=O)N(C2CCC4OC4NC2=O)C3=O)C1)c1cnc2ccccc2n1. The van der Waals surface area contributed by atoms with E-state index in [2.05, 4.69) is 25.9 Å². The van der Waals surface area contributed by atoms with E-state index in [1.165, 1.54) is 0 Å². The van der Waals surface area contributed by atoms with Crippen molar-refractivity contribution in [1.82, 2.24) is 25.5 Å². The van der Waals surface area contributed by atoms with Gasteiger partial charge in [0.2, 0.25) is 5.91 Å². The number of hydrogen-bond acceptors (Lipinski definition) is 9. The highest BCUT2D eigenvalue weighted by Crippen LogP contribution is 2.34. The molecule has 3 fully saturated rings. The van der Waals surface area contributed by atoms with E-state index in [1.807, 2.05) is 36.5 Å². The van der Waals surface area contributed by atoms with Crippen molar-refractivity contribution in [2.45, 2.75) is 57.0 Å². The molecule has 3 aromatic rings. The van der Waals surface area contributed by atoms with Crippen molar-refractivity contribution < 1.29 is 19.1 Å². The number of amides is 3. The molecule has 4 N–H and O–H groups in total. The molecule has 214 valence electrons. The van der Waals surface area contributed by atoms with Gasteiger partial charge >= 0.3 is 0 Å². The van der Waals surface area contributed by atoms with Crippen molar-refractivity contribution in [3.05, 3.63) is 71.7 Å². The highest BCUT2D eigenvalue weighted by molar-refractivity contribution is 6.23. The van der Waals surface area contributed by atoms with Gasteiger partial charge in [0, 0.05) is 35.8 Å². The van der Waals surface area contributed by atoms with Gasteiger partial charge < -0.3 is 26.1 Å². The van der Waals surface area contributed by atoms with Crippen LogP contribution < -0.4 is 16.0 Å². The summed E-state index contributed by atoms with van der Waals surface area (Å²) in [5.41, 5.74) is 4.84. The third-order valence-electron chi connectivity index (χ3n) is 8.55. The molecule has 2 saturated heterocycles. The molecular weight excluding hydrogens is 534 g/mol. The Morgan fingerprint density at radius 2 is 1.88 bits per heavy atom. The average Bonchev–Trinajstić information content (AvgIpc) is 3.68. The fourth-order valence-electron chi connectivity index (χ4n) is 6.04. The highest BCUT2D eigenvalue weighted by atomic mass is 16.6. The van der Waals surface area contributed by atoms with Gasteiger partial charge in [0.25, 0.3) is 11.8 Å². The van der Waals surface area contributed by atoms with E-state index in [9.17, 15) is 14.4 Å². The second-order valence-electron chi connectivity index (χ2n) is 11.4. The van der Waals surface area contributed by atoms with Crippen molar-refractivity contribution in [3.63, 3.8) is 0 Å². The Morgan fingerprint density at radius 3 is 2.69 bits per heavy atom. The number of nitrogens with zero attached hydrogens (tertiary/aromatic N) is 3. The fraction of sp³-hybridized carbons (Fsp3) is 0.355. The number of ether oxygens (including phenoxy) is 1. The first-order valence-corrected chi connectivity index (χ1v) is 14.3. The monoisotopic (exact) mass is 565 g/mol.